The Morgan fingerprint density at radius 3 is 2.11 bits per heavy atom. The summed E-state index contributed by atoms with van der Waals surface area (Å²) >= 11 is 6.14. The Kier molecular flexibility index (Phi) is 13.0. The predicted octanol–water partition coefficient (Wildman–Crippen LogP) is 9.48. The highest BCUT2D eigenvalue weighted by Crippen LogP contribution is 2.40. The number of carbonyl (C=O) groups excluding carboxylic acids is 3. The zero-order chi connectivity index (χ0) is 38.7. The minimum atomic E-state index is -0.646. The lowest BCUT2D eigenvalue weighted by molar-refractivity contribution is -0.116. The molecular weight excluding hydrogens is 801 g/mol. The van der Waals surface area contributed by atoms with Gasteiger partial charge in [0.15, 0.2) is 16.6 Å². The number of thiazole rings is 1. The van der Waals surface area contributed by atoms with E-state index in [4.69, 9.17) is 14.2 Å². The number of thioether (sulfide) groups is 1. The van der Waals surface area contributed by atoms with E-state index >= 15 is 0 Å². The second-order valence-electron chi connectivity index (χ2n) is 11.8. The number of rotatable bonds is 14. The van der Waals surface area contributed by atoms with Gasteiger partial charge >= 0.3 is 0 Å². The lowest BCUT2D eigenvalue weighted by atomic mass is 10.1. The zero-order valence-electron chi connectivity index (χ0n) is 29.9. The largest absolute Gasteiger partial charge is 0.493 e. The van der Waals surface area contributed by atoms with Gasteiger partial charge in [-0.05, 0) is 71.8 Å². The highest BCUT2D eigenvalue weighted by Gasteiger charge is 2.24. The quantitative estimate of drug-likeness (QED) is 0.0732. The van der Waals surface area contributed by atoms with Gasteiger partial charge in [0.25, 0.3) is 11.8 Å². The summed E-state index contributed by atoms with van der Waals surface area (Å²) in [6.45, 7) is 0. The van der Waals surface area contributed by atoms with Gasteiger partial charge in [0.05, 0.1) is 27.0 Å². The third-order valence-electron chi connectivity index (χ3n) is 8.09. The standard InChI is InChI=1S/C42H35BrN4O6S2/c1-51-35-22-26(23-36(52-2)37(35)53-3)21-33(45-39(48)29-13-8-5-9-14-29)40(49)44-31-15-10-16-32(24-31)55-38(28-11-6-4-7-12-28)41(50)47-42-46-34(25-54-42)27-17-19-30(43)20-18-27/h4-25,38H,1-3H3,(H,44,49)(H,45,48)(H,46,47,50)/b33-21+. The van der Waals surface area contributed by atoms with Gasteiger partial charge in [0.1, 0.15) is 10.9 Å². The molecule has 0 spiro atoms. The maximum atomic E-state index is 13.9. The van der Waals surface area contributed by atoms with Crippen molar-refractivity contribution in [1.29, 1.82) is 0 Å². The van der Waals surface area contributed by atoms with Gasteiger partial charge in [-0.15, -0.1) is 23.1 Å². The molecule has 1 aromatic heterocycles. The molecule has 3 amide bonds. The number of ether oxygens (including phenoxy) is 3. The molecule has 6 rings (SSSR count). The average Bonchev–Trinajstić information content (AvgIpc) is 3.68. The lowest BCUT2D eigenvalue weighted by Crippen LogP contribution is -2.30. The SMILES string of the molecule is COc1cc(/C=C(/NC(=O)c2ccccc2)C(=O)Nc2cccc(SC(C(=O)Nc3nc(-c4ccc(Br)cc4)cs3)c3ccccc3)c2)cc(OC)c1OC. The highest BCUT2D eigenvalue weighted by atomic mass is 79.9. The highest BCUT2D eigenvalue weighted by molar-refractivity contribution is 9.10. The number of anilines is 2. The van der Waals surface area contributed by atoms with Crippen LogP contribution in [0.25, 0.3) is 17.3 Å². The number of nitrogens with one attached hydrogen (secondary N) is 3. The molecule has 0 aliphatic carbocycles. The second-order valence-corrected chi connectivity index (χ2v) is 14.7. The maximum absolute atomic E-state index is 13.9. The van der Waals surface area contributed by atoms with Crippen LogP contribution in [0.3, 0.4) is 0 Å². The first kappa shape index (κ1) is 38.8. The predicted molar refractivity (Wildman–Crippen MR) is 222 cm³/mol. The number of methoxy groups -OCH3 is 3. The van der Waals surface area contributed by atoms with Crippen molar-refractivity contribution in [3.05, 3.63) is 154 Å². The summed E-state index contributed by atoms with van der Waals surface area (Å²) in [7, 11) is 4.48. The van der Waals surface area contributed by atoms with Crippen LogP contribution in [0.5, 0.6) is 17.2 Å². The van der Waals surface area contributed by atoms with Crippen LogP contribution in [0.15, 0.2) is 142 Å². The van der Waals surface area contributed by atoms with Crippen molar-refractivity contribution in [3.63, 3.8) is 0 Å². The number of benzene rings is 5. The van der Waals surface area contributed by atoms with Gasteiger partial charge < -0.3 is 30.2 Å². The Hall–Kier alpha value is -5.89. The van der Waals surface area contributed by atoms with Gasteiger partial charge in [0.2, 0.25) is 11.7 Å². The van der Waals surface area contributed by atoms with Crippen LogP contribution in [0, 0.1) is 0 Å². The summed E-state index contributed by atoms with van der Waals surface area (Å²) in [6.07, 6.45) is 1.52. The summed E-state index contributed by atoms with van der Waals surface area (Å²) in [5.74, 6) is -0.160. The van der Waals surface area contributed by atoms with Crippen LogP contribution < -0.4 is 30.2 Å². The van der Waals surface area contributed by atoms with Gasteiger partial charge in [-0.1, -0.05) is 82.7 Å². The van der Waals surface area contributed by atoms with Crippen molar-refractivity contribution >= 4 is 73.6 Å². The molecule has 6 aromatic rings. The molecular formula is C42H35BrN4O6S2. The fraction of sp³-hybridized carbons (Fsp3) is 0.0952. The van der Waals surface area contributed by atoms with Crippen molar-refractivity contribution in [2.24, 2.45) is 0 Å². The molecule has 0 radical (unpaired) electrons. The van der Waals surface area contributed by atoms with E-state index in [0.717, 1.165) is 26.2 Å². The van der Waals surface area contributed by atoms with E-state index < -0.39 is 17.1 Å². The molecule has 278 valence electrons. The molecule has 55 heavy (non-hydrogen) atoms. The lowest BCUT2D eigenvalue weighted by Gasteiger charge is -2.17. The van der Waals surface area contributed by atoms with Crippen molar-refractivity contribution < 1.29 is 28.6 Å². The molecule has 1 atom stereocenters. The second kappa shape index (κ2) is 18.4. The Bertz CT molecular complexity index is 2290. The van der Waals surface area contributed by atoms with Gasteiger partial charge in [-0.2, -0.15) is 0 Å². The smallest absolute Gasteiger partial charge is 0.272 e. The van der Waals surface area contributed by atoms with E-state index in [1.807, 2.05) is 66.0 Å². The molecule has 10 nitrogen and oxygen atoms in total. The average molecular weight is 836 g/mol. The fourth-order valence-corrected chi connectivity index (χ4v) is 7.50. The van der Waals surface area contributed by atoms with E-state index in [2.05, 4.69) is 36.9 Å². The third-order valence-corrected chi connectivity index (χ3v) is 10.6. The van der Waals surface area contributed by atoms with Crippen LogP contribution in [0.2, 0.25) is 0 Å². The Morgan fingerprint density at radius 2 is 1.45 bits per heavy atom. The molecule has 0 saturated carbocycles. The molecule has 3 N–H and O–H groups in total. The number of amides is 3. The first-order valence-corrected chi connectivity index (χ1v) is 19.3. The molecule has 5 aromatic carbocycles. The van der Waals surface area contributed by atoms with Gasteiger partial charge in [-0.25, -0.2) is 4.98 Å². The van der Waals surface area contributed by atoms with Crippen molar-refractivity contribution in [3.8, 4) is 28.5 Å². The summed E-state index contributed by atoms with van der Waals surface area (Å²) in [4.78, 5) is 46.5. The molecule has 1 heterocycles. The van der Waals surface area contributed by atoms with E-state index in [1.54, 1.807) is 60.7 Å². The summed E-state index contributed by atoms with van der Waals surface area (Å²) in [5, 5.41) is 10.4. The molecule has 0 aliphatic rings. The molecule has 13 heteroatoms. The minimum Gasteiger partial charge on any atom is -0.493 e. The summed E-state index contributed by atoms with van der Waals surface area (Å²) < 4.78 is 17.4. The van der Waals surface area contributed by atoms with E-state index in [-0.39, 0.29) is 11.6 Å². The topological polar surface area (TPSA) is 128 Å². The fourth-order valence-electron chi connectivity index (χ4n) is 5.43. The molecule has 0 aliphatic heterocycles. The molecule has 1 unspecified atom stereocenters. The Labute approximate surface area is 335 Å². The third kappa shape index (κ3) is 10.0. The minimum absolute atomic E-state index is 0.0336. The maximum Gasteiger partial charge on any atom is 0.272 e. The van der Waals surface area contributed by atoms with E-state index in [1.165, 1.54) is 50.5 Å². The van der Waals surface area contributed by atoms with Crippen molar-refractivity contribution in [2.45, 2.75) is 10.1 Å². The number of aromatic nitrogens is 1. The monoisotopic (exact) mass is 834 g/mol. The summed E-state index contributed by atoms with van der Waals surface area (Å²) in [6, 6.07) is 36.3. The van der Waals surface area contributed by atoms with E-state index in [0.29, 0.717) is 39.2 Å². The first-order valence-electron chi connectivity index (χ1n) is 16.8. The number of hydrogen-bond donors (Lipinski definition) is 3. The normalized spacial score (nSPS) is 11.6. The molecule has 0 saturated heterocycles. The van der Waals surface area contributed by atoms with Gasteiger partial charge in [-0.3, -0.25) is 14.4 Å². The van der Waals surface area contributed by atoms with E-state index in [9.17, 15) is 14.4 Å². The summed E-state index contributed by atoms with van der Waals surface area (Å²) in [5.41, 5.74) is 3.80. The van der Waals surface area contributed by atoms with Crippen LogP contribution >= 0.6 is 39.0 Å². The number of carbonyl (C=O) groups is 3. The number of nitrogens with zero attached hydrogens (tertiary/aromatic N) is 1. The van der Waals surface area contributed by atoms with Crippen molar-refractivity contribution in [1.82, 2.24) is 10.3 Å². The van der Waals surface area contributed by atoms with Crippen LogP contribution in [-0.4, -0.2) is 44.0 Å². The van der Waals surface area contributed by atoms with Gasteiger partial charge in [0, 0.05) is 31.6 Å². The number of halogens is 1. The van der Waals surface area contributed by atoms with Crippen LogP contribution in [0.1, 0.15) is 26.7 Å². The Morgan fingerprint density at radius 1 is 0.782 bits per heavy atom. The zero-order valence-corrected chi connectivity index (χ0v) is 33.1. The molecule has 0 fully saturated rings. The Balaban J connectivity index is 1.25. The van der Waals surface area contributed by atoms with Crippen molar-refractivity contribution in [2.75, 3.05) is 32.0 Å². The number of hydrogen-bond acceptors (Lipinski definition) is 9. The van der Waals surface area contributed by atoms with Crippen LogP contribution in [-0.2, 0) is 9.59 Å². The molecule has 0 bridgehead atoms. The first-order chi connectivity index (χ1) is 26.7. The van der Waals surface area contributed by atoms with Crippen LogP contribution in [0.4, 0.5) is 10.8 Å².